The van der Waals surface area contributed by atoms with Crippen molar-refractivity contribution >= 4 is 17.5 Å². The Labute approximate surface area is 95.9 Å². The van der Waals surface area contributed by atoms with E-state index in [-0.39, 0.29) is 17.9 Å². The van der Waals surface area contributed by atoms with E-state index in [1.54, 1.807) is 0 Å². The van der Waals surface area contributed by atoms with Gasteiger partial charge in [-0.05, 0) is 7.05 Å². The molecule has 0 saturated carbocycles. The molecule has 1 heterocycles. The highest BCUT2D eigenvalue weighted by Crippen LogP contribution is 2.03. The Kier molecular flexibility index (Phi) is 5.36. The summed E-state index contributed by atoms with van der Waals surface area (Å²) in [5.74, 6) is 0.229. The summed E-state index contributed by atoms with van der Waals surface area (Å²) >= 11 is 5.59. The molecule has 5 heteroatoms. The number of carbonyl (C=O) groups excluding carboxylic acids is 1. The van der Waals surface area contributed by atoms with Gasteiger partial charge in [0.15, 0.2) is 0 Å². The van der Waals surface area contributed by atoms with Gasteiger partial charge in [0.05, 0.1) is 12.7 Å². The van der Waals surface area contributed by atoms with Crippen LogP contribution in [0, 0.1) is 5.92 Å². The maximum atomic E-state index is 11.4. The fourth-order valence-electron chi connectivity index (χ4n) is 1.45. The second-order valence-electron chi connectivity index (χ2n) is 4.06. The number of rotatable bonds is 4. The minimum Gasteiger partial charge on any atom is -0.374 e. The third-order valence-electron chi connectivity index (χ3n) is 2.52. The summed E-state index contributed by atoms with van der Waals surface area (Å²) in [4.78, 5) is 13.6. The van der Waals surface area contributed by atoms with Crippen LogP contribution in [0.25, 0.3) is 0 Å². The van der Waals surface area contributed by atoms with Gasteiger partial charge in [-0.25, -0.2) is 0 Å². The third kappa shape index (κ3) is 4.36. The van der Waals surface area contributed by atoms with Gasteiger partial charge in [-0.2, -0.15) is 0 Å². The van der Waals surface area contributed by atoms with E-state index >= 15 is 0 Å². The number of amides is 1. The Morgan fingerprint density at radius 3 is 3.07 bits per heavy atom. The number of ether oxygens (including phenoxy) is 1. The molecule has 88 valence electrons. The van der Waals surface area contributed by atoms with Crippen LogP contribution in [0.2, 0.25) is 0 Å². The lowest BCUT2D eigenvalue weighted by atomic mass is 10.2. The summed E-state index contributed by atoms with van der Waals surface area (Å²) in [5.41, 5.74) is 0. The molecule has 0 aromatic heterocycles. The molecule has 0 aromatic carbocycles. The molecule has 0 spiro atoms. The Morgan fingerprint density at radius 2 is 2.47 bits per heavy atom. The molecule has 15 heavy (non-hydrogen) atoms. The Hall–Kier alpha value is -0.320. The van der Waals surface area contributed by atoms with Gasteiger partial charge in [-0.1, -0.05) is 6.92 Å². The molecular weight excluding hydrogens is 216 g/mol. The summed E-state index contributed by atoms with van der Waals surface area (Å²) in [7, 11) is 2.05. The van der Waals surface area contributed by atoms with E-state index in [0.29, 0.717) is 12.4 Å². The van der Waals surface area contributed by atoms with Crippen molar-refractivity contribution in [2.75, 3.05) is 39.2 Å². The van der Waals surface area contributed by atoms with Crippen molar-refractivity contribution in [3.63, 3.8) is 0 Å². The van der Waals surface area contributed by atoms with Gasteiger partial charge in [-0.15, -0.1) is 11.6 Å². The number of hydrogen-bond acceptors (Lipinski definition) is 3. The minimum atomic E-state index is -0.131. The predicted molar refractivity (Wildman–Crippen MR) is 60.1 cm³/mol. The van der Waals surface area contributed by atoms with Crippen molar-refractivity contribution in [1.82, 2.24) is 10.2 Å². The number of hydrogen-bond donors (Lipinski definition) is 1. The van der Waals surface area contributed by atoms with Crippen molar-refractivity contribution in [1.29, 1.82) is 0 Å². The standard InChI is InChI=1S/C10H19ClN2O2/c1-8(5-11)10(14)12-6-9-7-13(2)3-4-15-9/h8-9H,3-7H2,1-2H3,(H,12,14). The normalized spacial score (nSPS) is 24.9. The molecule has 0 radical (unpaired) electrons. The smallest absolute Gasteiger partial charge is 0.224 e. The zero-order valence-corrected chi connectivity index (χ0v) is 10.1. The number of nitrogens with one attached hydrogen (secondary N) is 1. The molecular formula is C10H19ClN2O2. The Morgan fingerprint density at radius 1 is 1.73 bits per heavy atom. The minimum absolute atomic E-state index is 0.00169. The van der Waals surface area contributed by atoms with Crippen molar-refractivity contribution in [3.8, 4) is 0 Å². The van der Waals surface area contributed by atoms with E-state index < -0.39 is 0 Å². The number of carbonyl (C=O) groups is 1. The van der Waals surface area contributed by atoms with E-state index in [1.165, 1.54) is 0 Å². The zero-order valence-electron chi connectivity index (χ0n) is 9.33. The van der Waals surface area contributed by atoms with Gasteiger partial charge in [0.2, 0.25) is 5.91 Å². The molecule has 0 aromatic rings. The Balaban J connectivity index is 2.21. The maximum absolute atomic E-state index is 11.4. The first-order valence-electron chi connectivity index (χ1n) is 5.27. The van der Waals surface area contributed by atoms with Crippen molar-refractivity contribution in [2.45, 2.75) is 13.0 Å². The second-order valence-corrected chi connectivity index (χ2v) is 4.36. The van der Waals surface area contributed by atoms with Crippen molar-refractivity contribution in [3.05, 3.63) is 0 Å². The van der Waals surface area contributed by atoms with E-state index in [1.807, 2.05) is 6.92 Å². The van der Waals surface area contributed by atoms with Gasteiger partial charge in [0, 0.05) is 31.4 Å². The largest absolute Gasteiger partial charge is 0.374 e. The van der Waals surface area contributed by atoms with Crippen LogP contribution < -0.4 is 5.32 Å². The fraction of sp³-hybridized carbons (Fsp3) is 0.900. The average Bonchev–Trinajstić information content (AvgIpc) is 2.25. The quantitative estimate of drug-likeness (QED) is 0.712. The van der Waals surface area contributed by atoms with Crippen LogP contribution in [0.3, 0.4) is 0 Å². The van der Waals surface area contributed by atoms with E-state index in [9.17, 15) is 4.79 Å². The lowest BCUT2D eigenvalue weighted by Crippen LogP contribution is -2.46. The maximum Gasteiger partial charge on any atom is 0.224 e. The van der Waals surface area contributed by atoms with Crippen LogP contribution in [-0.2, 0) is 9.53 Å². The number of halogens is 1. The molecule has 1 rings (SSSR count). The molecule has 2 unspecified atom stereocenters. The third-order valence-corrected chi connectivity index (χ3v) is 2.99. The van der Waals surface area contributed by atoms with Gasteiger partial charge in [0.1, 0.15) is 0 Å². The molecule has 1 fully saturated rings. The van der Waals surface area contributed by atoms with Gasteiger partial charge in [0.25, 0.3) is 0 Å². The fourth-order valence-corrected chi connectivity index (χ4v) is 1.59. The predicted octanol–water partition coefficient (Wildman–Crippen LogP) is 0.308. The van der Waals surface area contributed by atoms with Crippen LogP contribution >= 0.6 is 11.6 Å². The van der Waals surface area contributed by atoms with Crippen LogP contribution in [-0.4, -0.2) is 56.1 Å². The lowest BCUT2D eigenvalue weighted by Gasteiger charge is -2.30. The van der Waals surface area contributed by atoms with E-state index in [0.717, 1.165) is 19.7 Å². The first-order chi connectivity index (χ1) is 7.13. The van der Waals surface area contributed by atoms with Crippen LogP contribution in [0.15, 0.2) is 0 Å². The molecule has 1 aliphatic rings. The van der Waals surface area contributed by atoms with Crippen LogP contribution in [0.1, 0.15) is 6.92 Å². The molecule has 1 aliphatic heterocycles. The first kappa shape index (κ1) is 12.7. The number of morpholine rings is 1. The summed E-state index contributed by atoms with van der Waals surface area (Å²) < 4.78 is 5.52. The topological polar surface area (TPSA) is 41.6 Å². The first-order valence-corrected chi connectivity index (χ1v) is 5.80. The van der Waals surface area contributed by atoms with Gasteiger partial charge < -0.3 is 15.0 Å². The Bertz CT molecular complexity index is 214. The zero-order chi connectivity index (χ0) is 11.3. The summed E-state index contributed by atoms with van der Waals surface area (Å²) in [6, 6.07) is 0. The average molecular weight is 235 g/mol. The molecule has 0 bridgehead atoms. The van der Waals surface area contributed by atoms with Crippen LogP contribution in [0.4, 0.5) is 0 Å². The monoisotopic (exact) mass is 234 g/mol. The van der Waals surface area contributed by atoms with E-state index in [4.69, 9.17) is 16.3 Å². The number of likely N-dealkylation sites (N-methyl/N-ethyl adjacent to an activating group) is 1. The van der Waals surface area contributed by atoms with E-state index in [2.05, 4.69) is 17.3 Å². The number of nitrogens with zero attached hydrogens (tertiary/aromatic N) is 1. The number of alkyl halides is 1. The highest BCUT2D eigenvalue weighted by atomic mass is 35.5. The highest BCUT2D eigenvalue weighted by Gasteiger charge is 2.19. The van der Waals surface area contributed by atoms with Gasteiger partial charge in [-0.3, -0.25) is 4.79 Å². The molecule has 1 saturated heterocycles. The SMILES string of the molecule is CC(CCl)C(=O)NCC1CN(C)CCO1. The summed E-state index contributed by atoms with van der Waals surface area (Å²) in [6.07, 6.45) is 0.107. The van der Waals surface area contributed by atoms with Crippen molar-refractivity contribution in [2.24, 2.45) is 5.92 Å². The van der Waals surface area contributed by atoms with Crippen molar-refractivity contribution < 1.29 is 9.53 Å². The summed E-state index contributed by atoms with van der Waals surface area (Å²) in [6.45, 7) is 4.96. The highest BCUT2D eigenvalue weighted by molar-refractivity contribution is 6.19. The molecule has 1 amide bonds. The lowest BCUT2D eigenvalue weighted by molar-refractivity contribution is -0.125. The molecule has 4 nitrogen and oxygen atoms in total. The molecule has 1 N–H and O–H groups in total. The molecule has 0 aliphatic carbocycles. The van der Waals surface area contributed by atoms with Crippen LogP contribution in [0.5, 0.6) is 0 Å². The molecule has 2 atom stereocenters. The van der Waals surface area contributed by atoms with Gasteiger partial charge >= 0.3 is 0 Å². The summed E-state index contributed by atoms with van der Waals surface area (Å²) in [5, 5.41) is 2.85. The second kappa shape index (κ2) is 6.30.